The summed E-state index contributed by atoms with van der Waals surface area (Å²) in [6.45, 7) is 3.82. The van der Waals surface area contributed by atoms with Crippen LogP contribution in [0.15, 0.2) is 65.6 Å². The van der Waals surface area contributed by atoms with Crippen molar-refractivity contribution in [2.75, 3.05) is 39.3 Å². The standard InChI is InChI=1S/C24H24F3N3O4S/c25-24(26,27)35(33,34)21-9-6-18(7-10-21)8-11-22(31)30-16-20(17-30)28-12-14-29(15-13-28)23(32)19-4-2-1-3-5-19/h1-11,20H,12-17H2/b11-8+. The fourth-order valence-electron chi connectivity index (χ4n) is 4.08. The van der Waals surface area contributed by atoms with Gasteiger partial charge in [0.25, 0.3) is 15.7 Å². The molecule has 0 radical (unpaired) electrons. The van der Waals surface area contributed by atoms with Crippen molar-refractivity contribution in [2.24, 2.45) is 0 Å². The van der Waals surface area contributed by atoms with E-state index in [1.54, 1.807) is 17.0 Å². The topological polar surface area (TPSA) is 78.0 Å². The van der Waals surface area contributed by atoms with Crippen LogP contribution < -0.4 is 0 Å². The summed E-state index contributed by atoms with van der Waals surface area (Å²) in [5.74, 6) is -0.212. The molecule has 0 N–H and O–H groups in total. The number of amides is 2. The van der Waals surface area contributed by atoms with Gasteiger partial charge in [0.15, 0.2) is 0 Å². The van der Waals surface area contributed by atoms with Gasteiger partial charge in [-0.3, -0.25) is 14.5 Å². The van der Waals surface area contributed by atoms with Crippen molar-refractivity contribution in [3.8, 4) is 0 Å². The Kier molecular flexibility index (Phi) is 7.00. The minimum Gasteiger partial charge on any atom is -0.336 e. The zero-order valence-corrected chi connectivity index (χ0v) is 19.5. The number of halogens is 3. The molecule has 0 bridgehead atoms. The first-order valence-electron chi connectivity index (χ1n) is 11.0. The fourth-order valence-corrected chi connectivity index (χ4v) is 4.85. The molecular formula is C24H24F3N3O4S. The van der Waals surface area contributed by atoms with Gasteiger partial charge in [-0.25, -0.2) is 8.42 Å². The van der Waals surface area contributed by atoms with E-state index in [1.165, 1.54) is 24.3 Å². The number of piperazine rings is 1. The molecule has 2 aromatic carbocycles. The summed E-state index contributed by atoms with van der Waals surface area (Å²) in [4.78, 5) is 29.9. The summed E-state index contributed by atoms with van der Waals surface area (Å²) in [7, 11) is -5.40. The van der Waals surface area contributed by atoms with Crippen LogP contribution in [-0.2, 0) is 14.6 Å². The highest BCUT2D eigenvalue weighted by atomic mass is 32.2. The molecule has 2 aliphatic rings. The lowest BCUT2D eigenvalue weighted by Gasteiger charge is -2.47. The van der Waals surface area contributed by atoms with Crippen molar-refractivity contribution in [1.82, 2.24) is 14.7 Å². The van der Waals surface area contributed by atoms with Crippen LogP contribution in [0.2, 0.25) is 0 Å². The van der Waals surface area contributed by atoms with Crippen molar-refractivity contribution in [2.45, 2.75) is 16.4 Å². The maximum Gasteiger partial charge on any atom is 0.501 e. The lowest BCUT2D eigenvalue weighted by molar-refractivity contribution is -0.133. The van der Waals surface area contributed by atoms with E-state index in [0.717, 1.165) is 25.2 Å². The number of benzene rings is 2. The lowest BCUT2D eigenvalue weighted by atomic mass is 10.1. The monoisotopic (exact) mass is 507 g/mol. The van der Waals surface area contributed by atoms with E-state index in [9.17, 15) is 31.2 Å². The number of likely N-dealkylation sites (tertiary alicyclic amines) is 1. The Morgan fingerprint density at radius 2 is 1.46 bits per heavy atom. The first kappa shape index (κ1) is 24.9. The Labute approximate surface area is 201 Å². The van der Waals surface area contributed by atoms with Gasteiger partial charge < -0.3 is 9.80 Å². The first-order valence-corrected chi connectivity index (χ1v) is 12.5. The van der Waals surface area contributed by atoms with Crippen molar-refractivity contribution in [1.29, 1.82) is 0 Å². The van der Waals surface area contributed by atoms with E-state index in [-0.39, 0.29) is 17.9 Å². The molecule has 2 saturated heterocycles. The smallest absolute Gasteiger partial charge is 0.336 e. The van der Waals surface area contributed by atoms with Gasteiger partial charge in [-0.15, -0.1) is 0 Å². The highest BCUT2D eigenvalue weighted by Gasteiger charge is 2.46. The summed E-state index contributed by atoms with van der Waals surface area (Å²) in [5, 5.41) is 0. The third-order valence-corrected chi connectivity index (χ3v) is 7.73. The second-order valence-corrected chi connectivity index (χ2v) is 10.4. The van der Waals surface area contributed by atoms with Crippen molar-refractivity contribution >= 4 is 27.7 Å². The maximum absolute atomic E-state index is 12.6. The highest BCUT2D eigenvalue weighted by Crippen LogP contribution is 2.30. The normalized spacial score (nSPS) is 18.0. The number of alkyl halides is 3. The second-order valence-electron chi connectivity index (χ2n) is 8.44. The SMILES string of the molecule is O=C(/C=C/c1ccc(S(=O)(=O)C(F)(F)F)cc1)N1CC(N2CCN(C(=O)c3ccccc3)CC2)C1. The van der Waals surface area contributed by atoms with Crippen molar-refractivity contribution in [3.63, 3.8) is 0 Å². The number of sulfone groups is 1. The van der Waals surface area contributed by atoms with Gasteiger partial charge in [-0.2, -0.15) is 13.2 Å². The van der Waals surface area contributed by atoms with Gasteiger partial charge in [-0.1, -0.05) is 30.3 Å². The highest BCUT2D eigenvalue weighted by molar-refractivity contribution is 7.92. The van der Waals surface area contributed by atoms with E-state index in [4.69, 9.17) is 0 Å². The molecule has 35 heavy (non-hydrogen) atoms. The molecule has 0 unspecified atom stereocenters. The Morgan fingerprint density at radius 3 is 2.03 bits per heavy atom. The second kappa shape index (κ2) is 9.82. The van der Waals surface area contributed by atoms with E-state index >= 15 is 0 Å². The molecule has 0 atom stereocenters. The van der Waals surface area contributed by atoms with Crippen LogP contribution in [0.5, 0.6) is 0 Å². The van der Waals surface area contributed by atoms with E-state index < -0.39 is 20.2 Å². The van der Waals surface area contributed by atoms with Gasteiger partial charge in [0.05, 0.1) is 4.90 Å². The summed E-state index contributed by atoms with van der Waals surface area (Å²) < 4.78 is 60.7. The molecule has 186 valence electrons. The van der Waals surface area contributed by atoms with Crippen LogP contribution in [0.1, 0.15) is 15.9 Å². The van der Waals surface area contributed by atoms with Gasteiger partial charge in [-0.05, 0) is 35.9 Å². The zero-order valence-electron chi connectivity index (χ0n) is 18.7. The molecule has 0 aromatic heterocycles. The molecule has 2 fully saturated rings. The van der Waals surface area contributed by atoms with E-state index in [2.05, 4.69) is 4.90 Å². The van der Waals surface area contributed by atoms with Gasteiger partial charge >= 0.3 is 5.51 Å². The molecule has 2 amide bonds. The maximum atomic E-state index is 12.6. The Hall–Kier alpha value is -3.18. The van der Waals surface area contributed by atoms with Crippen molar-refractivity contribution < 1.29 is 31.2 Å². The quantitative estimate of drug-likeness (QED) is 0.582. The molecule has 7 nitrogen and oxygen atoms in total. The third kappa shape index (κ3) is 5.40. The fraction of sp³-hybridized carbons (Fsp3) is 0.333. The molecule has 2 heterocycles. The predicted molar refractivity (Wildman–Crippen MR) is 123 cm³/mol. The summed E-state index contributed by atoms with van der Waals surface area (Å²) in [5.41, 5.74) is -4.28. The van der Waals surface area contributed by atoms with Gasteiger partial charge in [0.1, 0.15) is 0 Å². The van der Waals surface area contributed by atoms with Gasteiger partial charge in [0, 0.05) is 56.9 Å². The number of carbonyl (C=O) groups is 2. The van der Waals surface area contributed by atoms with Crippen LogP contribution >= 0.6 is 0 Å². The predicted octanol–water partition coefficient (Wildman–Crippen LogP) is 2.66. The Morgan fingerprint density at radius 1 is 0.857 bits per heavy atom. The van der Waals surface area contributed by atoms with Crippen LogP contribution in [0.4, 0.5) is 13.2 Å². The number of hydrogen-bond donors (Lipinski definition) is 0. The van der Waals surface area contributed by atoms with Gasteiger partial charge in [0.2, 0.25) is 5.91 Å². The Bertz CT molecular complexity index is 1200. The van der Waals surface area contributed by atoms with E-state index in [0.29, 0.717) is 37.3 Å². The molecule has 0 spiro atoms. The largest absolute Gasteiger partial charge is 0.501 e. The van der Waals surface area contributed by atoms with E-state index in [1.807, 2.05) is 23.1 Å². The van der Waals surface area contributed by atoms with Crippen LogP contribution in [-0.4, -0.2) is 85.8 Å². The number of carbonyl (C=O) groups excluding carboxylic acids is 2. The summed E-state index contributed by atoms with van der Waals surface area (Å²) in [6.07, 6.45) is 2.76. The molecule has 2 aromatic rings. The zero-order chi connectivity index (χ0) is 25.2. The first-order chi connectivity index (χ1) is 16.6. The molecule has 0 aliphatic carbocycles. The Balaban J connectivity index is 1.24. The summed E-state index contributed by atoms with van der Waals surface area (Å²) >= 11 is 0. The van der Waals surface area contributed by atoms with Crippen molar-refractivity contribution in [3.05, 3.63) is 71.8 Å². The molecule has 11 heteroatoms. The van der Waals surface area contributed by atoms with Crippen LogP contribution in [0.25, 0.3) is 6.08 Å². The number of nitrogens with zero attached hydrogens (tertiary/aromatic N) is 3. The average molecular weight is 508 g/mol. The molecule has 2 aliphatic heterocycles. The third-order valence-electron chi connectivity index (χ3n) is 6.23. The number of hydrogen-bond acceptors (Lipinski definition) is 5. The summed E-state index contributed by atoms with van der Waals surface area (Å²) in [6, 6.07) is 13.5. The lowest BCUT2D eigenvalue weighted by Crippen LogP contribution is -2.64. The average Bonchev–Trinajstić information content (AvgIpc) is 2.82. The van der Waals surface area contributed by atoms with Crippen LogP contribution in [0, 0.1) is 0 Å². The molecule has 4 rings (SSSR count). The van der Waals surface area contributed by atoms with Crippen LogP contribution in [0.3, 0.4) is 0 Å². The minimum absolute atomic E-state index is 0.0184. The number of rotatable bonds is 5. The minimum atomic E-state index is -5.40. The molecule has 0 saturated carbocycles. The molecular weight excluding hydrogens is 483 g/mol.